The summed E-state index contributed by atoms with van der Waals surface area (Å²) in [6, 6.07) is 22.5. The van der Waals surface area contributed by atoms with E-state index in [1.165, 1.54) is 18.2 Å². The Hall–Kier alpha value is -4.23. The number of halogens is 1. The van der Waals surface area contributed by atoms with Crippen LogP contribution in [0.3, 0.4) is 0 Å². The van der Waals surface area contributed by atoms with Crippen molar-refractivity contribution in [3.63, 3.8) is 0 Å². The molecule has 1 aromatic heterocycles. The molecule has 0 atom stereocenters. The van der Waals surface area contributed by atoms with Crippen LogP contribution in [0.25, 0.3) is 22.3 Å². The molecule has 0 unspecified atom stereocenters. The van der Waals surface area contributed by atoms with Crippen LogP contribution in [0.2, 0.25) is 0 Å². The van der Waals surface area contributed by atoms with E-state index in [-0.39, 0.29) is 11.4 Å². The number of pyridine rings is 1. The fourth-order valence-electron chi connectivity index (χ4n) is 3.11. The molecule has 4 heteroatoms. The smallest absolute Gasteiger partial charge is 0.336 e. The summed E-state index contributed by atoms with van der Waals surface area (Å²) in [6.45, 7) is 0. The molecule has 0 radical (unpaired) electrons. The Morgan fingerprint density at radius 1 is 0.800 bits per heavy atom. The Balaban J connectivity index is 1.73. The van der Waals surface area contributed by atoms with Crippen molar-refractivity contribution >= 4 is 5.97 Å². The summed E-state index contributed by atoms with van der Waals surface area (Å²) in [5.41, 5.74) is 4.80. The van der Waals surface area contributed by atoms with Crippen LogP contribution in [0.1, 0.15) is 21.5 Å². The lowest BCUT2D eigenvalue weighted by Crippen LogP contribution is -2.00. The van der Waals surface area contributed by atoms with Crippen LogP contribution in [0.5, 0.6) is 0 Å². The minimum atomic E-state index is -1.05. The van der Waals surface area contributed by atoms with Gasteiger partial charge in [0.15, 0.2) is 0 Å². The van der Waals surface area contributed by atoms with Gasteiger partial charge in [-0.15, -0.1) is 0 Å². The molecule has 4 aromatic rings. The number of carbonyl (C=O) groups is 1. The summed E-state index contributed by atoms with van der Waals surface area (Å²) in [6.07, 6.45) is 3.50. The predicted octanol–water partition coefficient (Wildman–Crippen LogP) is 5.65. The van der Waals surface area contributed by atoms with Crippen molar-refractivity contribution in [3.05, 3.63) is 114 Å². The molecule has 3 nitrogen and oxygen atoms in total. The fraction of sp³-hybridized carbons (Fsp3) is 0. The van der Waals surface area contributed by atoms with Gasteiger partial charge in [-0.1, -0.05) is 48.2 Å². The Labute approximate surface area is 173 Å². The molecule has 0 saturated carbocycles. The number of carboxylic acids is 1. The SMILES string of the molecule is O=C(O)c1ccc(-c2ccc(F)cc2)cc1C#Cc1cccc(-c2cccnc2)c1. The van der Waals surface area contributed by atoms with Gasteiger partial charge in [0.1, 0.15) is 5.82 Å². The molecule has 0 saturated heterocycles. The third kappa shape index (κ3) is 4.26. The van der Waals surface area contributed by atoms with Crippen LogP contribution < -0.4 is 0 Å². The first-order valence-electron chi connectivity index (χ1n) is 9.26. The highest BCUT2D eigenvalue weighted by Gasteiger charge is 2.10. The van der Waals surface area contributed by atoms with Gasteiger partial charge in [0.05, 0.1) is 5.56 Å². The van der Waals surface area contributed by atoms with E-state index in [9.17, 15) is 14.3 Å². The highest BCUT2D eigenvalue weighted by Crippen LogP contribution is 2.23. The predicted molar refractivity (Wildman–Crippen MR) is 114 cm³/mol. The molecule has 0 fully saturated rings. The number of aromatic carboxylic acids is 1. The number of rotatable bonds is 3. The van der Waals surface area contributed by atoms with Gasteiger partial charge in [0, 0.05) is 29.1 Å². The Morgan fingerprint density at radius 2 is 1.53 bits per heavy atom. The lowest BCUT2D eigenvalue weighted by Gasteiger charge is -2.05. The van der Waals surface area contributed by atoms with Crippen LogP contribution in [0.4, 0.5) is 4.39 Å². The van der Waals surface area contributed by atoms with E-state index < -0.39 is 5.97 Å². The maximum absolute atomic E-state index is 13.2. The van der Waals surface area contributed by atoms with Gasteiger partial charge in [-0.2, -0.15) is 0 Å². The average Bonchev–Trinajstić information content (AvgIpc) is 2.79. The highest BCUT2D eigenvalue weighted by molar-refractivity contribution is 5.92. The Kier molecular flexibility index (Phi) is 5.36. The zero-order chi connectivity index (χ0) is 20.9. The van der Waals surface area contributed by atoms with Crippen LogP contribution in [0, 0.1) is 17.7 Å². The van der Waals surface area contributed by atoms with Crippen molar-refractivity contribution < 1.29 is 14.3 Å². The zero-order valence-electron chi connectivity index (χ0n) is 15.8. The minimum absolute atomic E-state index is 0.122. The first kappa shape index (κ1) is 19.1. The van der Waals surface area contributed by atoms with E-state index in [1.54, 1.807) is 36.7 Å². The van der Waals surface area contributed by atoms with Crippen molar-refractivity contribution in [2.24, 2.45) is 0 Å². The third-order valence-electron chi connectivity index (χ3n) is 4.63. The van der Waals surface area contributed by atoms with Crippen molar-refractivity contribution in [2.45, 2.75) is 0 Å². The number of carboxylic acid groups (broad SMARTS) is 1. The molecule has 4 rings (SSSR count). The molecule has 3 aromatic carbocycles. The lowest BCUT2D eigenvalue weighted by atomic mass is 9.98. The van der Waals surface area contributed by atoms with E-state index in [0.717, 1.165) is 27.8 Å². The largest absolute Gasteiger partial charge is 0.478 e. The molecule has 0 spiro atoms. The van der Waals surface area contributed by atoms with Crippen LogP contribution in [-0.4, -0.2) is 16.1 Å². The second-order valence-corrected chi connectivity index (χ2v) is 6.64. The molecule has 0 aliphatic heterocycles. The molecule has 1 N–H and O–H groups in total. The fourth-order valence-corrected chi connectivity index (χ4v) is 3.11. The number of nitrogens with zero attached hydrogens (tertiary/aromatic N) is 1. The maximum Gasteiger partial charge on any atom is 0.336 e. The van der Waals surface area contributed by atoms with Crippen molar-refractivity contribution in [1.82, 2.24) is 4.98 Å². The number of hydrogen-bond donors (Lipinski definition) is 1. The van der Waals surface area contributed by atoms with E-state index in [4.69, 9.17) is 0 Å². The van der Waals surface area contributed by atoms with E-state index in [1.807, 2.05) is 36.4 Å². The molecule has 1 heterocycles. The van der Waals surface area contributed by atoms with Gasteiger partial charge < -0.3 is 5.11 Å². The van der Waals surface area contributed by atoms with Crippen LogP contribution >= 0.6 is 0 Å². The standard InChI is InChI=1S/C26H16FNO2/c27-24-11-8-19(9-12-24)21-10-13-25(26(29)30)22(16-21)7-6-18-3-1-4-20(15-18)23-5-2-14-28-17-23/h1-5,8-17H,(H,29,30). The quantitative estimate of drug-likeness (QED) is 0.458. The Bertz CT molecular complexity index is 1270. The van der Waals surface area contributed by atoms with Gasteiger partial charge in [-0.3, -0.25) is 4.98 Å². The summed E-state index contributed by atoms with van der Waals surface area (Å²) < 4.78 is 13.2. The molecule has 30 heavy (non-hydrogen) atoms. The summed E-state index contributed by atoms with van der Waals surface area (Å²) in [4.78, 5) is 15.8. The molecule has 0 amide bonds. The zero-order valence-corrected chi connectivity index (χ0v) is 15.8. The maximum atomic E-state index is 13.2. The highest BCUT2D eigenvalue weighted by atomic mass is 19.1. The van der Waals surface area contributed by atoms with Crippen molar-refractivity contribution in [2.75, 3.05) is 0 Å². The second-order valence-electron chi connectivity index (χ2n) is 6.64. The second kappa shape index (κ2) is 8.42. The molecular formula is C26H16FNO2. The number of aromatic nitrogens is 1. The van der Waals surface area contributed by atoms with Crippen LogP contribution in [-0.2, 0) is 0 Å². The minimum Gasteiger partial charge on any atom is -0.478 e. The third-order valence-corrected chi connectivity index (χ3v) is 4.63. The molecule has 144 valence electrons. The van der Waals surface area contributed by atoms with Gasteiger partial charge >= 0.3 is 5.97 Å². The van der Waals surface area contributed by atoms with E-state index in [0.29, 0.717) is 5.56 Å². The topological polar surface area (TPSA) is 50.2 Å². The molecule has 0 aliphatic rings. The van der Waals surface area contributed by atoms with Gasteiger partial charge in [-0.25, -0.2) is 9.18 Å². The van der Waals surface area contributed by atoms with Crippen LogP contribution in [0.15, 0.2) is 91.3 Å². The lowest BCUT2D eigenvalue weighted by molar-refractivity contribution is 0.0696. The van der Waals surface area contributed by atoms with Crippen molar-refractivity contribution in [1.29, 1.82) is 0 Å². The molecular weight excluding hydrogens is 377 g/mol. The monoisotopic (exact) mass is 393 g/mol. The number of hydrogen-bond acceptors (Lipinski definition) is 2. The molecule has 0 aliphatic carbocycles. The first-order chi connectivity index (χ1) is 14.6. The van der Waals surface area contributed by atoms with Gasteiger partial charge in [-0.05, 0) is 59.2 Å². The average molecular weight is 393 g/mol. The molecule has 0 bridgehead atoms. The first-order valence-corrected chi connectivity index (χ1v) is 9.26. The number of benzene rings is 3. The summed E-state index contributed by atoms with van der Waals surface area (Å²) in [5, 5.41) is 9.53. The van der Waals surface area contributed by atoms with E-state index in [2.05, 4.69) is 16.8 Å². The van der Waals surface area contributed by atoms with Crippen molar-refractivity contribution in [3.8, 4) is 34.1 Å². The van der Waals surface area contributed by atoms with Gasteiger partial charge in [0.2, 0.25) is 0 Å². The van der Waals surface area contributed by atoms with E-state index >= 15 is 0 Å². The summed E-state index contributed by atoms with van der Waals surface area (Å²) >= 11 is 0. The Morgan fingerprint density at radius 3 is 2.27 bits per heavy atom. The summed E-state index contributed by atoms with van der Waals surface area (Å²) in [7, 11) is 0. The summed E-state index contributed by atoms with van der Waals surface area (Å²) in [5.74, 6) is 4.68. The van der Waals surface area contributed by atoms with Gasteiger partial charge in [0.25, 0.3) is 0 Å². The normalized spacial score (nSPS) is 10.2.